The topological polar surface area (TPSA) is 120 Å². The maximum atomic E-state index is 12.8. The molecule has 4 aromatic rings. The highest BCUT2D eigenvalue weighted by atomic mass is 32.1. The molecule has 1 saturated heterocycles. The fraction of sp³-hybridized carbons (Fsp3) is 0.368. The third-order valence-corrected chi connectivity index (χ3v) is 6.30. The Kier molecular flexibility index (Phi) is 4.98. The Morgan fingerprint density at radius 2 is 1.94 bits per heavy atom. The molecule has 5 rings (SSSR count). The zero-order valence-corrected chi connectivity index (χ0v) is 17.8. The number of carbonyl (C=O) groups excluding carboxylic acids is 1. The van der Waals surface area contributed by atoms with Crippen molar-refractivity contribution in [2.45, 2.75) is 12.8 Å². The first-order chi connectivity index (χ1) is 15.1. The number of ether oxygens (including phenoxy) is 2. The summed E-state index contributed by atoms with van der Waals surface area (Å²) in [5.41, 5.74) is 1.36. The molecule has 1 N–H and O–H groups in total. The highest BCUT2D eigenvalue weighted by molar-refractivity contribution is 7.22. The first-order valence-corrected chi connectivity index (χ1v) is 10.6. The molecule has 1 aliphatic rings. The summed E-state index contributed by atoms with van der Waals surface area (Å²) in [5, 5.41) is 19.3. The third kappa shape index (κ3) is 3.69. The van der Waals surface area contributed by atoms with E-state index in [1.54, 1.807) is 14.2 Å². The lowest BCUT2D eigenvalue weighted by atomic mass is 9.96. The highest BCUT2D eigenvalue weighted by Crippen LogP contribution is 2.36. The van der Waals surface area contributed by atoms with Crippen molar-refractivity contribution in [1.82, 2.24) is 30.2 Å². The minimum absolute atomic E-state index is 0.0125. The number of hydrogen-bond acceptors (Lipinski definition) is 10. The molecular weight excluding hydrogens is 420 g/mol. The largest absolute Gasteiger partial charge is 0.493 e. The summed E-state index contributed by atoms with van der Waals surface area (Å²) in [7, 11) is 3.18. The number of methoxy groups -OCH3 is 2. The lowest BCUT2D eigenvalue weighted by molar-refractivity contribution is -0.120. The van der Waals surface area contributed by atoms with Crippen LogP contribution >= 0.6 is 11.3 Å². The van der Waals surface area contributed by atoms with Gasteiger partial charge in [-0.05, 0) is 35.4 Å². The van der Waals surface area contributed by atoms with Crippen LogP contribution in [0.15, 0.2) is 24.3 Å². The number of aromatic nitrogens is 6. The lowest BCUT2D eigenvalue weighted by Gasteiger charge is -2.31. The second-order valence-electron chi connectivity index (χ2n) is 7.16. The average molecular weight is 440 g/mol. The molecular formula is C19H20N8O3S. The van der Waals surface area contributed by atoms with Crippen LogP contribution < -0.4 is 19.7 Å². The highest BCUT2D eigenvalue weighted by Gasteiger charge is 2.26. The number of benzene rings is 1. The van der Waals surface area contributed by atoms with Crippen LogP contribution in [-0.2, 0) is 4.79 Å². The van der Waals surface area contributed by atoms with Crippen molar-refractivity contribution in [2.75, 3.05) is 37.5 Å². The van der Waals surface area contributed by atoms with E-state index in [-0.39, 0.29) is 11.8 Å². The SMILES string of the molecule is COc1cc2nc(NC(=O)C3CCN(c4ccc5nnnn5n4)CC3)sc2cc1OC. The Labute approximate surface area is 181 Å². The minimum atomic E-state index is -0.0795. The molecule has 0 spiro atoms. The number of tetrazole rings is 1. The van der Waals surface area contributed by atoms with Crippen molar-refractivity contribution < 1.29 is 14.3 Å². The van der Waals surface area contributed by atoms with Crippen LogP contribution in [0.25, 0.3) is 15.9 Å². The van der Waals surface area contributed by atoms with E-state index in [9.17, 15) is 4.79 Å². The number of fused-ring (bicyclic) bond motifs is 2. The Balaban J connectivity index is 1.24. The molecule has 1 aromatic carbocycles. The van der Waals surface area contributed by atoms with E-state index in [0.717, 1.165) is 42.0 Å². The molecule has 31 heavy (non-hydrogen) atoms. The predicted molar refractivity (Wildman–Crippen MR) is 115 cm³/mol. The van der Waals surface area contributed by atoms with Gasteiger partial charge >= 0.3 is 0 Å². The van der Waals surface area contributed by atoms with Gasteiger partial charge in [-0.3, -0.25) is 4.79 Å². The van der Waals surface area contributed by atoms with E-state index in [4.69, 9.17) is 9.47 Å². The van der Waals surface area contributed by atoms with Gasteiger partial charge in [-0.1, -0.05) is 11.3 Å². The summed E-state index contributed by atoms with van der Waals surface area (Å²) < 4.78 is 13.0. The van der Waals surface area contributed by atoms with Crippen LogP contribution in [0.5, 0.6) is 11.5 Å². The van der Waals surface area contributed by atoms with Gasteiger partial charge in [0.1, 0.15) is 0 Å². The van der Waals surface area contributed by atoms with Crippen LogP contribution in [0.1, 0.15) is 12.8 Å². The molecule has 4 heterocycles. The quantitative estimate of drug-likeness (QED) is 0.497. The van der Waals surface area contributed by atoms with E-state index in [1.807, 2.05) is 24.3 Å². The monoisotopic (exact) mass is 440 g/mol. The number of hydrogen-bond donors (Lipinski definition) is 1. The Hall–Kier alpha value is -3.54. The molecule has 1 aliphatic heterocycles. The molecule has 0 aliphatic carbocycles. The number of carbonyl (C=O) groups is 1. The van der Waals surface area contributed by atoms with Crippen molar-refractivity contribution in [1.29, 1.82) is 0 Å². The van der Waals surface area contributed by atoms with Gasteiger partial charge in [0.2, 0.25) is 5.91 Å². The summed E-state index contributed by atoms with van der Waals surface area (Å²) in [4.78, 5) is 19.5. The van der Waals surface area contributed by atoms with Crippen molar-refractivity contribution >= 4 is 44.1 Å². The van der Waals surface area contributed by atoms with Crippen molar-refractivity contribution in [3.05, 3.63) is 24.3 Å². The van der Waals surface area contributed by atoms with Crippen molar-refractivity contribution in [3.8, 4) is 11.5 Å². The van der Waals surface area contributed by atoms with Gasteiger partial charge in [-0.25, -0.2) is 4.98 Å². The lowest BCUT2D eigenvalue weighted by Crippen LogP contribution is -2.38. The number of anilines is 2. The van der Waals surface area contributed by atoms with E-state index >= 15 is 0 Å². The van der Waals surface area contributed by atoms with Gasteiger partial charge in [0.25, 0.3) is 0 Å². The van der Waals surface area contributed by atoms with E-state index in [2.05, 4.69) is 35.8 Å². The number of nitrogens with zero attached hydrogens (tertiary/aromatic N) is 7. The molecule has 0 unspecified atom stereocenters. The summed E-state index contributed by atoms with van der Waals surface area (Å²) >= 11 is 1.42. The summed E-state index contributed by atoms with van der Waals surface area (Å²) in [6.45, 7) is 1.46. The second kappa shape index (κ2) is 7.95. The van der Waals surface area contributed by atoms with E-state index in [1.165, 1.54) is 16.0 Å². The molecule has 1 fully saturated rings. The van der Waals surface area contributed by atoms with Gasteiger partial charge in [0.15, 0.2) is 28.1 Å². The molecule has 3 aromatic heterocycles. The van der Waals surface area contributed by atoms with Crippen LogP contribution in [0.4, 0.5) is 10.9 Å². The van der Waals surface area contributed by atoms with Gasteiger partial charge in [0.05, 0.1) is 24.4 Å². The molecule has 160 valence electrons. The number of nitrogens with one attached hydrogen (secondary N) is 1. The second-order valence-corrected chi connectivity index (χ2v) is 8.19. The number of amides is 1. The first-order valence-electron chi connectivity index (χ1n) is 9.78. The maximum Gasteiger partial charge on any atom is 0.229 e. The first kappa shape index (κ1) is 19.4. The molecule has 12 heteroatoms. The summed E-state index contributed by atoms with van der Waals surface area (Å²) in [6.07, 6.45) is 1.46. The van der Waals surface area contributed by atoms with Crippen molar-refractivity contribution in [2.24, 2.45) is 5.92 Å². The molecule has 0 radical (unpaired) electrons. The van der Waals surface area contributed by atoms with Gasteiger partial charge < -0.3 is 19.7 Å². The van der Waals surface area contributed by atoms with Crippen molar-refractivity contribution in [3.63, 3.8) is 0 Å². The molecule has 0 atom stereocenters. The zero-order valence-electron chi connectivity index (χ0n) is 17.0. The third-order valence-electron chi connectivity index (χ3n) is 5.37. The maximum absolute atomic E-state index is 12.8. The molecule has 0 bridgehead atoms. The smallest absolute Gasteiger partial charge is 0.229 e. The van der Waals surface area contributed by atoms with Crippen LogP contribution in [-0.4, -0.2) is 63.5 Å². The van der Waals surface area contributed by atoms with E-state index in [0.29, 0.717) is 22.3 Å². The van der Waals surface area contributed by atoms with Gasteiger partial charge in [-0.2, -0.15) is 0 Å². The number of thiazole rings is 1. The molecule has 0 saturated carbocycles. The molecule has 1 amide bonds. The summed E-state index contributed by atoms with van der Waals surface area (Å²) in [6, 6.07) is 7.41. The van der Waals surface area contributed by atoms with Crippen LogP contribution in [0.2, 0.25) is 0 Å². The number of rotatable bonds is 5. The zero-order chi connectivity index (χ0) is 21.4. The minimum Gasteiger partial charge on any atom is -0.493 e. The van der Waals surface area contributed by atoms with E-state index < -0.39 is 0 Å². The fourth-order valence-corrected chi connectivity index (χ4v) is 4.57. The standard InChI is InChI=1S/C19H20N8O3S/c1-29-13-9-12-15(10-14(13)30-2)31-19(20-12)21-18(28)11-5-7-26(8-6-11)17-4-3-16-22-24-25-27(16)23-17/h3-4,9-11H,5-8H2,1-2H3,(H,20,21,28). The predicted octanol–water partition coefficient (Wildman–Crippen LogP) is 2.00. The Morgan fingerprint density at radius 3 is 2.71 bits per heavy atom. The van der Waals surface area contributed by atoms with Crippen LogP contribution in [0, 0.1) is 5.92 Å². The molecule has 11 nitrogen and oxygen atoms in total. The van der Waals surface area contributed by atoms with Gasteiger partial charge in [0, 0.05) is 31.1 Å². The Morgan fingerprint density at radius 1 is 1.16 bits per heavy atom. The average Bonchev–Trinajstić information content (AvgIpc) is 3.43. The fourth-order valence-electron chi connectivity index (χ4n) is 3.70. The van der Waals surface area contributed by atoms with Crippen LogP contribution in [0.3, 0.4) is 0 Å². The summed E-state index contributed by atoms with van der Waals surface area (Å²) in [5.74, 6) is 1.95. The number of piperidine rings is 1. The Bertz CT molecular complexity index is 1210. The van der Waals surface area contributed by atoms with Gasteiger partial charge in [-0.15, -0.1) is 14.8 Å². The normalized spacial score (nSPS) is 14.8.